The van der Waals surface area contributed by atoms with Gasteiger partial charge in [0.05, 0.1) is 12.0 Å². The highest BCUT2D eigenvalue weighted by molar-refractivity contribution is 9.10. The summed E-state index contributed by atoms with van der Waals surface area (Å²) in [4.78, 5) is 6.76. The second kappa shape index (κ2) is 8.54. The topological polar surface area (TPSA) is 24.8 Å². The van der Waals surface area contributed by atoms with E-state index in [1.165, 1.54) is 0 Å². The van der Waals surface area contributed by atoms with E-state index in [4.69, 9.17) is 16.3 Å². The van der Waals surface area contributed by atoms with Crippen LogP contribution in [-0.2, 0) is 0 Å². The van der Waals surface area contributed by atoms with Crippen molar-refractivity contribution in [2.24, 2.45) is 4.99 Å². The molecule has 0 aromatic heterocycles. The molecular formula is C19H22BrClN2O. The van der Waals surface area contributed by atoms with E-state index in [1.54, 1.807) is 6.07 Å². The van der Waals surface area contributed by atoms with Gasteiger partial charge in [0.1, 0.15) is 11.5 Å². The summed E-state index contributed by atoms with van der Waals surface area (Å²) < 4.78 is 6.89. The van der Waals surface area contributed by atoms with Gasteiger partial charge in [-0.3, -0.25) is 0 Å². The smallest absolute Gasteiger partial charge is 0.130 e. The van der Waals surface area contributed by atoms with Gasteiger partial charge >= 0.3 is 0 Å². The van der Waals surface area contributed by atoms with Gasteiger partial charge in [-0.25, -0.2) is 4.99 Å². The molecule has 0 aliphatic heterocycles. The zero-order valence-corrected chi connectivity index (χ0v) is 16.8. The minimum absolute atomic E-state index is 0.634. The highest BCUT2D eigenvalue weighted by Crippen LogP contribution is 2.33. The Morgan fingerprint density at radius 2 is 1.79 bits per heavy atom. The summed E-state index contributed by atoms with van der Waals surface area (Å²) >= 11 is 9.51. The molecule has 0 saturated heterocycles. The molecule has 2 rings (SSSR count). The Morgan fingerprint density at radius 3 is 2.42 bits per heavy atom. The summed E-state index contributed by atoms with van der Waals surface area (Å²) in [5.41, 5.74) is 3.06. The molecule has 128 valence electrons. The molecular weight excluding hydrogens is 388 g/mol. The Hall–Kier alpha value is -1.52. The van der Waals surface area contributed by atoms with Crippen LogP contribution in [-0.4, -0.2) is 24.3 Å². The summed E-state index contributed by atoms with van der Waals surface area (Å²) in [6.45, 7) is 10.2. The first kappa shape index (κ1) is 18.8. The molecule has 0 unspecified atom stereocenters. The normalized spacial score (nSPS) is 11.1. The van der Waals surface area contributed by atoms with Crippen molar-refractivity contribution in [3.63, 3.8) is 0 Å². The lowest BCUT2D eigenvalue weighted by Gasteiger charge is -2.15. The molecule has 5 heteroatoms. The second-order valence-electron chi connectivity index (χ2n) is 5.58. The fraction of sp³-hybridized carbons (Fsp3) is 0.316. The maximum atomic E-state index is 6.08. The average Bonchev–Trinajstić information content (AvgIpc) is 2.51. The SMILES string of the molecule is CCN(C=Nc1cc(C)c(Oc2cc(Cl)cc(Br)c2)cc1C)CC. The maximum absolute atomic E-state index is 6.08. The molecule has 0 aliphatic rings. The number of ether oxygens (including phenoxy) is 1. The molecule has 0 amide bonds. The fourth-order valence-corrected chi connectivity index (χ4v) is 3.10. The summed E-state index contributed by atoms with van der Waals surface area (Å²) in [5.74, 6) is 1.51. The van der Waals surface area contributed by atoms with Crippen LogP contribution in [0.5, 0.6) is 11.5 Å². The number of benzene rings is 2. The van der Waals surface area contributed by atoms with Crippen molar-refractivity contribution in [1.82, 2.24) is 4.90 Å². The lowest BCUT2D eigenvalue weighted by atomic mass is 10.1. The minimum atomic E-state index is 0.634. The Labute approximate surface area is 157 Å². The predicted octanol–water partition coefficient (Wildman–Crippen LogP) is 6.51. The van der Waals surface area contributed by atoms with Crippen LogP contribution in [0.2, 0.25) is 5.02 Å². The third kappa shape index (κ3) is 4.99. The van der Waals surface area contributed by atoms with Crippen LogP contribution in [0, 0.1) is 13.8 Å². The predicted molar refractivity (Wildman–Crippen MR) is 106 cm³/mol. The van der Waals surface area contributed by atoms with Crippen molar-refractivity contribution in [1.29, 1.82) is 0 Å². The largest absolute Gasteiger partial charge is 0.457 e. The van der Waals surface area contributed by atoms with Crippen LogP contribution in [0.1, 0.15) is 25.0 Å². The molecule has 0 bridgehead atoms. The van der Waals surface area contributed by atoms with Crippen LogP contribution < -0.4 is 4.74 Å². The van der Waals surface area contributed by atoms with Crippen LogP contribution in [0.4, 0.5) is 5.69 Å². The number of aryl methyl sites for hydroxylation is 2. The number of hydrogen-bond acceptors (Lipinski definition) is 2. The third-order valence-corrected chi connectivity index (χ3v) is 4.41. The van der Waals surface area contributed by atoms with Crippen LogP contribution >= 0.6 is 27.5 Å². The first-order chi connectivity index (χ1) is 11.4. The van der Waals surface area contributed by atoms with E-state index >= 15 is 0 Å². The lowest BCUT2D eigenvalue weighted by Crippen LogP contribution is -2.20. The zero-order chi connectivity index (χ0) is 17.7. The van der Waals surface area contributed by atoms with E-state index in [0.29, 0.717) is 10.8 Å². The van der Waals surface area contributed by atoms with Gasteiger partial charge < -0.3 is 9.64 Å². The molecule has 0 spiro atoms. The van der Waals surface area contributed by atoms with Gasteiger partial charge in [0, 0.05) is 22.6 Å². The molecule has 0 saturated carbocycles. The lowest BCUT2D eigenvalue weighted by molar-refractivity contribution is 0.477. The average molecular weight is 410 g/mol. The van der Waals surface area contributed by atoms with Gasteiger partial charge in [0.15, 0.2) is 0 Å². The van der Waals surface area contributed by atoms with Crippen molar-refractivity contribution < 1.29 is 4.74 Å². The van der Waals surface area contributed by atoms with E-state index in [2.05, 4.69) is 39.7 Å². The highest BCUT2D eigenvalue weighted by atomic mass is 79.9. The van der Waals surface area contributed by atoms with Crippen molar-refractivity contribution >= 4 is 39.6 Å². The van der Waals surface area contributed by atoms with Crippen LogP contribution in [0.25, 0.3) is 0 Å². The molecule has 0 aliphatic carbocycles. The first-order valence-corrected chi connectivity index (χ1v) is 9.13. The van der Waals surface area contributed by atoms with Gasteiger partial charge in [-0.2, -0.15) is 0 Å². The molecule has 2 aromatic rings. The first-order valence-electron chi connectivity index (χ1n) is 7.96. The van der Waals surface area contributed by atoms with Crippen molar-refractivity contribution in [3.8, 4) is 11.5 Å². The molecule has 3 nitrogen and oxygen atoms in total. The van der Waals surface area contributed by atoms with E-state index < -0.39 is 0 Å². The monoisotopic (exact) mass is 408 g/mol. The standard InChI is InChI=1S/C19H22BrClN2O/c1-5-23(6-2)12-22-18-7-14(4)19(8-13(18)3)24-17-10-15(20)9-16(21)11-17/h7-12H,5-6H2,1-4H3. The zero-order valence-electron chi connectivity index (χ0n) is 14.4. The van der Waals surface area contributed by atoms with Gasteiger partial charge in [-0.1, -0.05) is 27.5 Å². The molecule has 2 aromatic carbocycles. The van der Waals surface area contributed by atoms with E-state index in [9.17, 15) is 0 Å². The number of rotatable bonds is 6. The van der Waals surface area contributed by atoms with Gasteiger partial charge in [0.2, 0.25) is 0 Å². The van der Waals surface area contributed by atoms with E-state index in [0.717, 1.165) is 40.1 Å². The molecule has 0 fully saturated rings. The Balaban J connectivity index is 2.26. The summed E-state index contributed by atoms with van der Waals surface area (Å²) in [6.07, 6.45) is 1.90. The Morgan fingerprint density at radius 1 is 1.08 bits per heavy atom. The van der Waals surface area contributed by atoms with Gasteiger partial charge in [0.25, 0.3) is 0 Å². The van der Waals surface area contributed by atoms with Crippen molar-refractivity contribution in [2.75, 3.05) is 13.1 Å². The number of aliphatic imine (C=N–C) groups is 1. The number of halogens is 2. The second-order valence-corrected chi connectivity index (χ2v) is 6.93. The molecule has 0 radical (unpaired) electrons. The van der Waals surface area contributed by atoms with Crippen LogP contribution in [0.15, 0.2) is 39.8 Å². The molecule has 24 heavy (non-hydrogen) atoms. The fourth-order valence-electron chi connectivity index (χ4n) is 2.27. The van der Waals surface area contributed by atoms with Crippen molar-refractivity contribution in [3.05, 3.63) is 51.0 Å². The number of nitrogens with zero attached hydrogens (tertiary/aromatic N) is 2. The Bertz CT molecular complexity index is 722. The van der Waals surface area contributed by atoms with Gasteiger partial charge in [-0.15, -0.1) is 0 Å². The molecule has 0 heterocycles. The highest BCUT2D eigenvalue weighted by Gasteiger charge is 2.08. The summed E-state index contributed by atoms with van der Waals surface area (Å²) in [5, 5.41) is 0.634. The maximum Gasteiger partial charge on any atom is 0.130 e. The number of hydrogen-bond donors (Lipinski definition) is 0. The van der Waals surface area contributed by atoms with E-state index in [-0.39, 0.29) is 0 Å². The third-order valence-electron chi connectivity index (χ3n) is 3.73. The Kier molecular flexibility index (Phi) is 6.69. The summed E-state index contributed by atoms with van der Waals surface area (Å²) in [7, 11) is 0. The quantitative estimate of drug-likeness (QED) is 0.401. The van der Waals surface area contributed by atoms with Crippen LogP contribution in [0.3, 0.4) is 0 Å². The molecule has 0 N–H and O–H groups in total. The van der Waals surface area contributed by atoms with E-state index in [1.807, 2.05) is 44.5 Å². The molecule has 0 atom stereocenters. The van der Waals surface area contributed by atoms with Crippen molar-refractivity contribution in [2.45, 2.75) is 27.7 Å². The summed E-state index contributed by atoms with van der Waals surface area (Å²) in [6, 6.07) is 9.58. The minimum Gasteiger partial charge on any atom is -0.457 e. The van der Waals surface area contributed by atoms with Gasteiger partial charge in [-0.05, 0) is 69.2 Å².